The summed E-state index contributed by atoms with van der Waals surface area (Å²) in [6, 6.07) is 13.5. The number of ether oxygens (including phenoxy) is 1. The van der Waals surface area contributed by atoms with E-state index in [1.807, 2.05) is 50.5 Å². The summed E-state index contributed by atoms with van der Waals surface area (Å²) in [6.45, 7) is 2.98. The Kier molecular flexibility index (Phi) is 4.93. The molecule has 1 aliphatic heterocycles. The standard InChI is InChI=1S/C22H22N4O2/c1-3-28-21-13-15(7-8-18(21)20-10-12-24-25-20)22(27)26(2)14-16-5-4-6-19-17(16)9-11-23-19/h4-8,10-13H,3,9,14H2,1-2H3,(H,24,25). The van der Waals surface area contributed by atoms with Crippen molar-refractivity contribution in [1.82, 2.24) is 15.1 Å². The molecule has 2 heterocycles. The molecule has 0 bridgehead atoms. The van der Waals surface area contributed by atoms with E-state index in [1.165, 1.54) is 5.56 Å². The molecule has 0 saturated heterocycles. The predicted octanol–water partition coefficient (Wildman–Crippen LogP) is 4.01. The predicted molar refractivity (Wildman–Crippen MR) is 109 cm³/mol. The first-order chi connectivity index (χ1) is 13.7. The average molecular weight is 374 g/mol. The minimum absolute atomic E-state index is 0.0476. The molecule has 28 heavy (non-hydrogen) atoms. The number of carbonyl (C=O) groups is 1. The first kappa shape index (κ1) is 18.0. The van der Waals surface area contributed by atoms with Crippen LogP contribution in [0.4, 0.5) is 5.69 Å². The Bertz CT molecular complexity index is 1030. The molecular formula is C22H22N4O2. The van der Waals surface area contributed by atoms with Crippen molar-refractivity contribution < 1.29 is 9.53 Å². The van der Waals surface area contributed by atoms with Crippen molar-refractivity contribution in [3.8, 4) is 17.0 Å². The molecule has 2 aromatic carbocycles. The molecule has 0 spiro atoms. The fourth-order valence-electron chi connectivity index (χ4n) is 3.47. The van der Waals surface area contributed by atoms with Crippen molar-refractivity contribution in [1.29, 1.82) is 0 Å². The topological polar surface area (TPSA) is 70.6 Å². The molecule has 1 N–H and O–H groups in total. The number of carbonyl (C=O) groups excluding carboxylic acids is 1. The fraction of sp³-hybridized carbons (Fsp3) is 0.227. The number of amides is 1. The Morgan fingerprint density at radius 3 is 2.93 bits per heavy atom. The quantitative estimate of drug-likeness (QED) is 0.709. The maximum atomic E-state index is 13.0. The van der Waals surface area contributed by atoms with E-state index in [1.54, 1.807) is 17.2 Å². The fourth-order valence-corrected chi connectivity index (χ4v) is 3.47. The number of fused-ring (bicyclic) bond motifs is 1. The van der Waals surface area contributed by atoms with Gasteiger partial charge in [0.05, 0.1) is 18.0 Å². The molecule has 3 aromatic rings. The average Bonchev–Trinajstić information content (AvgIpc) is 3.40. The molecule has 1 amide bonds. The number of hydrogen-bond acceptors (Lipinski definition) is 4. The van der Waals surface area contributed by atoms with Gasteiger partial charge in [0.1, 0.15) is 5.75 Å². The Labute approximate surface area is 163 Å². The van der Waals surface area contributed by atoms with E-state index < -0.39 is 0 Å². The molecule has 6 nitrogen and oxygen atoms in total. The summed E-state index contributed by atoms with van der Waals surface area (Å²) in [5.41, 5.74) is 5.67. The van der Waals surface area contributed by atoms with E-state index in [-0.39, 0.29) is 5.91 Å². The van der Waals surface area contributed by atoms with Gasteiger partial charge in [0.2, 0.25) is 0 Å². The number of benzene rings is 2. The van der Waals surface area contributed by atoms with E-state index in [4.69, 9.17) is 4.74 Å². The smallest absolute Gasteiger partial charge is 0.254 e. The maximum absolute atomic E-state index is 13.0. The van der Waals surface area contributed by atoms with Crippen molar-refractivity contribution in [3.63, 3.8) is 0 Å². The van der Waals surface area contributed by atoms with Gasteiger partial charge < -0.3 is 9.64 Å². The summed E-state index contributed by atoms with van der Waals surface area (Å²) in [5.74, 6) is 0.619. The number of rotatable bonds is 6. The van der Waals surface area contributed by atoms with Crippen molar-refractivity contribution in [2.24, 2.45) is 4.99 Å². The Balaban J connectivity index is 1.57. The van der Waals surface area contributed by atoms with Gasteiger partial charge in [-0.15, -0.1) is 0 Å². The molecule has 0 fully saturated rings. The highest BCUT2D eigenvalue weighted by molar-refractivity contribution is 5.95. The summed E-state index contributed by atoms with van der Waals surface area (Å²) >= 11 is 0. The summed E-state index contributed by atoms with van der Waals surface area (Å²) in [7, 11) is 1.82. The van der Waals surface area contributed by atoms with Crippen LogP contribution < -0.4 is 4.74 Å². The minimum Gasteiger partial charge on any atom is -0.493 e. The molecule has 142 valence electrons. The third-order valence-corrected chi connectivity index (χ3v) is 4.85. The third-order valence-electron chi connectivity index (χ3n) is 4.85. The zero-order chi connectivity index (χ0) is 19.5. The molecule has 6 heteroatoms. The number of aliphatic imine (C=N–C) groups is 1. The van der Waals surface area contributed by atoms with Gasteiger partial charge in [-0.2, -0.15) is 5.10 Å². The van der Waals surface area contributed by atoms with Gasteiger partial charge in [0.25, 0.3) is 5.91 Å². The zero-order valence-electron chi connectivity index (χ0n) is 16.0. The lowest BCUT2D eigenvalue weighted by molar-refractivity contribution is 0.0784. The molecule has 0 saturated carbocycles. The Morgan fingerprint density at radius 1 is 1.25 bits per heavy atom. The van der Waals surface area contributed by atoms with Crippen molar-refractivity contribution in [3.05, 3.63) is 65.4 Å². The van der Waals surface area contributed by atoms with Crippen LogP contribution in [0.2, 0.25) is 0 Å². The normalized spacial score (nSPS) is 12.1. The highest BCUT2D eigenvalue weighted by atomic mass is 16.5. The zero-order valence-corrected chi connectivity index (χ0v) is 16.0. The molecule has 0 unspecified atom stereocenters. The molecule has 0 aliphatic carbocycles. The van der Waals surface area contributed by atoms with Crippen molar-refractivity contribution in [2.75, 3.05) is 13.7 Å². The molecule has 1 aliphatic rings. The van der Waals surface area contributed by atoms with Crippen LogP contribution in [0.1, 0.15) is 28.4 Å². The van der Waals surface area contributed by atoms with E-state index in [0.29, 0.717) is 24.5 Å². The maximum Gasteiger partial charge on any atom is 0.254 e. The van der Waals surface area contributed by atoms with Gasteiger partial charge >= 0.3 is 0 Å². The summed E-state index contributed by atoms with van der Waals surface area (Å²) in [6.07, 6.45) is 4.43. The first-order valence-corrected chi connectivity index (χ1v) is 9.32. The lowest BCUT2D eigenvalue weighted by Crippen LogP contribution is -2.26. The highest BCUT2D eigenvalue weighted by Gasteiger charge is 2.18. The monoisotopic (exact) mass is 374 g/mol. The van der Waals surface area contributed by atoms with Gasteiger partial charge in [-0.3, -0.25) is 14.9 Å². The number of aromatic nitrogens is 2. The molecule has 0 radical (unpaired) electrons. The van der Waals surface area contributed by atoms with Crippen LogP contribution >= 0.6 is 0 Å². The highest BCUT2D eigenvalue weighted by Crippen LogP contribution is 2.31. The molecule has 0 atom stereocenters. The summed E-state index contributed by atoms with van der Waals surface area (Å²) in [5, 5.41) is 6.94. The van der Waals surface area contributed by atoms with E-state index in [2.05, 4.69) is 21.3 Å². The lowest BCUT2D eigenvalue weighted by Gasteiger charge is -2.20. The Hall–Kier alpha value is -3.41. The summed E-state index contributed by atoms with van der Waals surface area (Å²) < 4.78 is 5.78. The second-order valence-corrected chi connectivity index (χ2v) is 6.71. The molecule has 1 aromatic heterocycles. The van der Waals surface area contributed by atoms with E-state index >= 15 is 0 Å². The number of aromatic amines is 1. The molecule has 4 rings (SSSR count). The van der Waals surface area contributed by atoms with Gasteiger partial charge in [-0.25, -0.2) is 0 Å². The molecular weight excluding hydrogens is 352 g/mol. The number of nitrogens with one attached hydrogen (secondary N) is 1. The van der Waals surface area contributed by atoms with Crippen LogP contribution in [0.15, 0.2) is 53.7 Å². The van der Waals surface area contributed by atoms with Crippen LogP contribution in [0.5, 0.6) is 5.75 Å². The van der Waals surface area contributed by atoms with Crippen LogP contribution in [-0.4, -0.2) is 40.9 Å². The van der Waals surface area contributed by atoms with Crippen LogP contribution in [0.3, 0.4) is 0 Å². The van der Waals surface area contributed by atoms with Crippen LogP contribution in [0, 0.1) is 0 Å². The van der Waals surface area contributed by atoms with Gasteiger partial charge in [-0.05, 0) is 48.4 Å². The second-order valence-electron chi connectivity index (χ2n) is 6.71. The second kappa shape index (κ2) is 7.68. The number of nitrogens with zero attached hydrogens (tertiary/aromatic N) is 3. The van der Waals surface area contributed by atoms with Gasteiger partial charge in [-0.1, -0.05) is 12.1 Å². The van der Waals surface area contributed by atoms with Crippen LogP contribution in [0.25, 0.3) is 11.3 Å². The number of H-pyrrole nitrogens is 1. The van der Waals surface area contributed by atoms with Gasteiger partial charge in [0, 0.05) is 43.6 Å². The minimum atomic E-state index is -0.0476. The van der Waals surface area contributed by atoms with Crippen molar-refractivity contribution >= 4 is 17.8 Å². The van der Waals surface area contributed by atoms with E-state index in [9.17, 15) is 4.79 Å². The number of hydrogen-bond donors (Lipinski definition) is 1. The SMILES string of the molecule is CCOc1cc(C(=O)N(C)Cc2cccc3c2CC=N3)ccc1-c1ccn[nH]1. The largest absolute Gasteiger partial charge is 0.493 e. The van der Waals surface area contributed by atoms with Crippen molar-refractivity contribution in [2.45, 2.75) is 19.9 Å². The first-order valence-electron chi connectivity index (χ1n) is 9.32. The summed E-state index contributed by atoms with van der Waals surface area (Å²) in [4.78, 5) is 19.1. The van der Waals surface area contributed by atoms with Crippen LogP contribution in [-0.2, 0) is 13.0 Å². The van der Waals surface area contributed by atoms with Gasteiger partial charge in [0.15, 0.2) is 0 Å². The Morgan fingerprint density at radius 2 is 2.14 bits per heavy atom. The third kappa shape index (κ3) is 3.41. The van der Waals surface area contributed by atoms with E-state index in [0.717, 1.165) is 28.9 Å². The lowest BCUT2D eigenvalue weighted by atomic mass is 10.0.